The van der Waals surface area contributed by atoms with E-state index < -0.39 is 28.1 Å². The molecule has 11 heteroatoms. The van der Waals surface area contributed by atoms with Crippen molar-refractivity contribution >= 4 is 16.1 Å². The van der Waals surface area contributed by atoms with Crippen molar-refractivity contribution in [2.24, 2.45) is 11.8 Å². The summed E-state index contributed by atoms with van der Waals surface area (Å²) in [7, 11) is -0.898. The lowest BCUT2D eigenvalue weighted by Crippen LogP contribution is -2.52. The Bertz CT molecular complexity index is 1870. The molecule has 10 nitrogen and oxygen atoms in total. The Labute approximate surface area is 262 Å². The lowest BCUT2D eigenvalue weighted by molar-refractivity contribution is -0.230. The Kier molecular flexibility index (Phi) is 7.60. The van der Waals surface area contributed by atoms with Crippen LogP contribution in [0, 0.1) is 11.8 Å². The van der Waals surface area contributed by atoms with Crippen molar-refractivity contribution in [3.8, 4) is 0 Å². The topological polar surface area (TPSA) is 103 Å². The maximum atomic E-state index is 14.5. The highest BCUT2D eigenvalue weighted by atomic mass is 32.2. The van der Waals surface area contributed by atoms with Gasteiger partial charge in [0.05, 0.1) is 41.9 Å². The van der Waals surface area contributed by atoms with E-state index in [1.165, 1.54) is 33.8 Å². The largest absolute Gasteiger partial charge is 0.333 e. The number of carbonyl (C=O) groups excluding carboxylic acids is 1. The summed E-state index contributed by atoms with van der Waals surface area (Å²) >= 11 is 0. The van der Waals surface area contributed by atoms with Gasteiger partial charge in [0.1, 0.15) is 12.4 Å². The van der Waals surface area contributed by atoms with Gasteiger partial charge in [-0.1, -0.05) is 91.0 Å². The Balaban J connectivity index is 1.30. The molecule has 7 rings (SSSR count). The number of amides is 1. The fourth-order valence-corrected chi connectivity index (χ4v) is 7.58. The first-order valence-corrected chi connectivity index (χ1v) is 16.3. The molecule has 0 unspecified atom stereocenters. The zero-order valence-corrected chi connectivity index (χ0v) is 25.9. The number of nitrogens with zero attached hydrogens (tertiary/aromatic N) is 6. The highest BCUT2D eigenvalue weighted by Gasteiger charge is 2.51. The van der Waals surface area contributed by atoms with Crippen LogP contribution in [-0.2, 0) is 32.8 Å². The lowest BCUT2D eigenvalue weighted by atomic mass is 9.70. The van der Waals surface area contributed by atoms with Crippen LogP contribution in [0.25, 0.3) is 0 Å². The number of hydroxylamine groups is 2. The van der Waals surface area contributed by atoms with Crippen molar-refractivity contribution in [3.05, 3.63) is 144 Å². The van der Waals surface area contributed by atoms with Crippen LogP contribution in [0.2, 0.25) is 0 Å². The van der Waals surface area contributed by atoms with Crippen LogP contribution < -0.4 is 0 Å². The molecule has 0 bridgehead atoms. The first-order valence-electron chi connectivity index (χ1n) is 14.9. The molecule has 2 aliphatic rings. The van der Waals surface area contributed by atoms with E-state index in [-0.39, 0.29) is 18.4 Å². The summed E-state index contributed by atoms with van der Waals surface area (Å²) in [5.74, 6) is -1.54. The predicted molar refractivity (Wildman–Crippen MR) is 168 cm³/mol. The molecule has 1 aliphatic carbocycles. The minimum absolute atomic E-state index is 0.159. The molecule has 0 saturated carbocycles. The Morgan fingerprint density at radius 1 is 0.889 bits per heavy atom. The number of carbonyl (C=O) groups is 1. The second-order valence-electron chi connectivity index (χ2n) is 11.8. The number of hydrogen-bond acceptors (Lipinski definition) is 6. The molecular weight excluding hydrogens is 588 g/mol. The molecular formula is C34H34N6O4S. The fourth-order valence-electron chi connectivity index (χ4n) is 6.60. The fraction of sp³-hybridized carbons (Fsp3) is 0.265. The Hall–Kier alpha value is -4.58. The van der Waals surface area contributed by atoms with Crippen LogP contribution in [0.15, 0.2) is 110 Å². The second-order valence-corrected chi connectivity index (χ2v) is 13.8. The van der Waals surface area contributed by atoms with Crippen LogP contribution in [0.1, 0.15) is 45.7 Å². The zero-order chi connectivity index (χ0) is 31.1. The SMILES string of the molecule is CN(C)S(=O)(=O)n1cnc2c1[C@@H](c1cn(Cc3ccccc3)cn1)[C@@H]1CON(C(c3ccccc3)c3ccccc3)C(=O)[C@H]1C2. The second kappa shape index (κ2) is 11.7. The molecule has 0 radical (unpaired) electrons. The number of aromatic nitrogens is 4. The van der Waals surface area contributed by atoms with Gasteiger partial charge in [0, 0.05) is 39.2 Å². The van der Waals surface area contributed by atoms with Gasteiger partial charge in [-0.05, 0) is 16.7 Å². The predicted octanol–water partition coefficient (Wildman–Crippen LogP) is 4.27. The first-order chi connectivity index (χ1) is 21.8. The Morgan fingerprint density at radius 3 is 2.13 bits per heavy atom. The third kappa shape index (κ3) is 5.26. The highest BCUT2D eigenvalue weighted by Crippen LogP contribution is 2.47. The van der Waals surface area contributed by atoms with Gasteiger partial charge in [-0.3, -0.25) is 9.63 Å². The number of rotatable bonds is 8. The minimum atomic E-state index is -3.89. The molecule has 1 fully saturated rings. The molecule has 0 N–H and O–H groups in total. The van der Waals surface area contributed by atoms with Crippen molar-refractivity contribution in [2.75, 3.05) is 20.7 Å². The number of benzene rings is 3. The third-order valence-corrected chi connectivity index (χ3v) is 10.5. The van der Waals surface area contributed by atoms with Gasteiger partial charge in [0.25, 0.3) is 5.91 Å². The Morgan fingerprint density at radius 2 is 1.51 bits per heavy atom. The molecule has 5 aromatic rings. The van der Waals surface area contributed by atoms with Crippen LogP contribution in [0.3, 0.4) is 0 Å². The molecule has 3 aromatic carbocycles. The molecule has 2 aromatic heterocycles. The smallest absolute Gasteiger partial charge is 0.308 e. The summed E-state index contributed by atoms with van der Waals surface area (Å²) in [5, 5.41) is 1.51. The van der Waals surface area contributed by atoms with Crippen LogP contribution in [0.5, 0.6) is 0 Å². The van der Waals surface area contributed by atoms with E-state index in [1.54, 1.807) is 6.33 Å². The standard InChI is InChI=1S/C34H34N6O4S/c1-37(2)45(42,43)39-23-36-29-18-27-28(31(33(29)39)30-20-38(22-35-30)19-24-12-6-3-7-13-24)21-44-40(34(27)41)32(25-14-8-4-9-15-25)26-16-10-5-11-17-26/h3-17,20,22-23,27-28,31-32H,18-19,21H2,1-2H3/t27-,28+,31+/m0/s1. The molecule has 3 heterocycles. The van der Waals surface area contributed by atoms with Crippen LogP contribution in [-0.4, -0.2) is 62.9 Å². The zero-order valence-electron chi connectivity index (χ0n) is 25.0. The van der Waals surface area contributed by atoms with Gasteiger partial charge >= 0.3 is 10.2 Å². The van der Waals surface area contributed by atoms with Crippen LogP contribution >= 0.6 is 0 Å². The monoisotopic (exact) mass is 622 g/mol. The third-order valence-electron chi connectivity index (χ3n) is 8.80. The van der Waals surface area contributed by atoms with Gasteiger partial charge in [0.2, 0.25) is 0 Å². The molecule has 3 atom stereocenters. The molecule has 0 spiro atoms. The van der Waals surface area contributed by atoms with Gasteiger partial charge in [-0.2, -0.15) is 12.7 Å². The number of fused-ring (bicyclic) bond motifs is 2. The van der Waals surface area contributed by atoms with E-state index >= 15 is 0 Å². The lowest BCUT2D eigenvalue weighted by Gasteiger charge is -2.45. The number of imidazole rings is 2. The summed E-state index contributed by atoms with van der Waals surface area (Å²) in [6, 6.07) is 29.3. The summed E-state index contributed by atoms with van der Waals surface area (Å²) < 4.78 is 31.4. The highest BCUT2D eigenvalue weighted by molar-refractivity contribution is 7.87. The average molecular weight is 623 g/mol. The van der Waals surface area contributed by atoms with E-state index in [9.17, 15) is 13.2 Å². The average Bonchev–Trinajstić information content (AvgIpc) is 3.70. The molecule has 1 saturated heterocycles. The van der Waals surface area contributed by atoms with E-state index in [2.05, 4.69) is 4.98 Å². The van der Waals surface area contributed by atoms with Crippen molar-refractivity contribution < 1.29 is 18.0 Å². The van der Waals surface area contributed by atoms with Gasteiger partial charge in [0.15, 0.2) is 0 Å². The van der Waals surface area contributed by atoms with Crippen LogP contribution in [0.4, 0.5) is 0 Å². The summed E-state index contributed by atoms with van der Waals surface area (Å²) in [4.78, 5) is 30.3. The van der Waals surface area contributed by atoms with Crippen molar-refractivity contribution in [1.29, 1.82) is 0 Å². The van der Waals surface area contributed by atoms with Gasteiger partial charge < -0.3 is 4.57 Å². The minimum Gasteiger partial charge on any atom is -0.333 e. The van der Waals surface area contributed by atoms with E-state index in [0.717, 1.165) is 16.7 Å². The molecule has 230 valence electrons. The molecule has 45 heavy (non-hydrogen) atoms. The number of hydrogen-bond donors (Lipinski definition) is 0. The van der Waals surface area contributed by atoms with Gasteiger partial charge in [-0.15, -0.1) is 0 Å². The van der Waals surface area contributed by atoms with Crippen molar-refractivity contribution in [1.82, 2.24) is 27.9 Å². The molecule has 1 aliphatic heterocycles. The van der Waals surface area contributed by atoms with Crippen molar-refractivity contribution in [3.63, 3.8) is 0 Å². The summed E-state index contributed by atoms with van der Waals surface area (Å²) in [6.07, 6.45) is 5.35. The maximum absolute atomic E-state index is 14.5. The molecule has 1 amide bonds. The van der Waals surface area contributed by atoms with E-state index in [4.69, 9.17) is 9.82 Å². The van der Waals surface area contributed by atoms with Gasteiger partial charge in [-0.25, -0.2) is 19.0 Å². The quantitative estimate of drug-likeness (QED) is 0.256. The summed E-state index contributed by atoms with van der Waals surface area (Å²) in [6.45, 7) is 0.811. The van der Waals surface area contributed by atoms with E-state index in [0.29, 0.717) is 30.0 Å². The summed E-state index contributed by atoms with van der Waals surface area (Å²) in [5.41, 5.74) is 4.76. The normalized spacial score (nSPS) is 20.0. The first kappa shape index (κ1) is 29.1. The van der Waals surface area contributed by atoms with E-state index in [1.807, 2.05) is 102 Å². The van der Waals surface area contributed by atoms with Crippen molar-refractivity contribution in [2.45, 2.75) is 24.9 Å². The maximum Gasteiger partial charge on any atom is 0.308 e.